The number of hydrogen-bond donors (Lipinski definition) is 1. The van der Waals surface area contributed by atoms with Gasteiger partial charge in [-0.15, -0.1) is 0 Å². The Kier molecular flexibility index (Phi) is 6.69. The molecule has 0 heterocycles. The van der Waals surface area contributed by atoms with Crippen LogP contribution < -0.4 is 0 Å². The topological polar surface area (TPSA) is 29.5 Å². The predicted molar refractivity (Wildman–Crippen MR) is 62.9 cm³/mol. The van der Waals surface area contributed by atoms with Gasteiger partial charge in [0.2, 0.25) is 0 Å². The summed E-state index contributed by atoms with van der Waals surface area (Å²) in [5.41, 5.74) is 1.27. The van der Waals surface area contributed by atoms with Crippen LogP contribution in [0.15, 0.2) is 11.6 Å². The summed E-state index contributed by atoms with van der Waals surface area (Å²) in [6, 6.07) is 0. The van der Waals surface area contributed by atoms with Crippen molar-refractivity contribution >= 4 is 0 Å². The van der Waals surface area contributed by atoms with Gasteiger partial charge in [0.25, 0.3) is 0 Å². The van der Waals surface area contributed by atoms with Crippen LogP contribution >= 0.6 is 0 Å². The van der Waals surface area contributed by atoms with E-state index in [0.717, 1.165) is 38.9 Å². The maximum Gasteiger partial charge on any atom is 0.0751 e. The van der Waals surface area contributed by atoms with Crippen molar-refractivity contribution in [3.05, 3.63) is 11.6 Å². The molecule has 0 saturated carbocycles. The standard InChI is InChI=1S/C13H24O2/c1-2-15-11-7-10-13(14)12-8-5-3-4-6-9-12/h8,13-14H,2-7,9-11H2,1H3. The van der Waals surface area contributed by atoms with Crippen LogP contribution in [0.2, 0.25) is 0 Å². The zero-order chi connectivity index (χ0) is 10.9. The van der Waals surface area contributed by atoms with E-state index in [1.54, 1.807) is 0 Å². The molecule has 1 unspecified atom stereocenters. The van der Waals surface area contributed by atoms with E-state index < -0.39 is 0 Å². The maximum absolute atomic E-state index is 9.97. The zero-order valence-corrected chi connectivity index (χ0v) is 9.87. The highest BCUT2D eigenvalue weighted by Crippen LogP contribution is 2.21. The molecule has 0 aromatic heterocycles. The van der Waals surface area contributed by atoms with E-state index in [0.29, 0.717) is 0 Å². The Hall–Kier alpha value is -0.340. The van der Waals surface area contributed by atoms with Gasteiger partial charge >= 0.3 is 0 Å². The van der Waals surface area contributed by atoms with Crippen LogP contribution in [0.1, 0.15) is 51.9 Å². The number of aliphatic hydroxyl groups is 1. The van der Waals surface area contributed by atoms with Gasteiger partial charge in [-0.1, -0.05) is 12.5 Å². The average Bonchev–Trinajstić information content (AvgIpc) is 2.52. The van der Waals surface area contributed by atoms with Crippen molar-refractivity contribution in [2.45, 2.75) is 58.0 Å². The van der Waals surface area contributed by atoms with E-state index in [1.807, 2.05) is 6.92 Å². The summed E-state index contributed by atoms with van der Waals surface area (Å²) >= 11 is 0. The third-order valence-corrected chi connectivity index (χ3v) is 2.97. The summed E-state index contributed by atoms with van der Waals surface area (Å²) in [5.74, 6) is 0. The minimum Gasteiger partial charge on any atom is -0.389 e. The van der Waals surface area contributed by atoms with Crippen molar-refractivity contribution in [3.63, 3.8) is 0 Å². The van der Waals surface area contributed by atoms with Crippen molar-refractivity contribution < 1.29 is 9.84 Å². The molecule has 0 spiro atoms. The van der Waals surface area contributed by atoms with Crippen molar-refractivity contribution in [1.29, 1.82) is 0 Å². The minimum absolute atomic E-state index is 0.219. The van der Waals surface area contributed by atoms with E-state index in [9.17, 15) is 5.11 Å². The molecule has 0 amide bonds. The van der Waals surface area contributed by atoms with Crippen molar-refractivity contribution in [1.82, 2.24) is 0 Å². The molecule has 1 N–H and O–H groups in total. The predicted octanol–water partition coefficient (Wildman–Crippen LogP) is 3.05. The molecule has 1 atom stereocenters. The van der Waals surface area contributed by atoms with E-state index in [4.69, 9.17) is 4.74 Å². The van der Waals surface area contributed by atoms with E-state index >= 15 is 0 Å². The Morgan fingerprint density at radius 2 is 2.27 bits per heavy atom. The van der Waals surface area contributed by atoms with Gasteiger partial charge in [0, 0.05) is 13.2 Å². The molecule has 1 aliphatic carbocycles. The van der Waals surface area contributed by atoms with Crippen LogP contribution in [0, 0.1) is 0 Å². The average molecular weight is 212 g/mol. The lowest BCUT2D eigenvalue weighted by molar-refractivity contribution is 0.124. The molecule has 2 nitrogen and oxygen atoms in total. The second kappa shape index (κ2) is 7.89. The van der Waals surface area contributed by atoms with Crippen LogP contribution in [0.3, 0.4) is 0 Å². The van der Waals surface area contributed by atoms with Crippen molar-refractivity contribution in [2.24, 2.45) is 0 Å². The van der Waals surface area contributed by atoms with Crippen LogP contribution in [0.4, 0.5) is 0 Å². The van der Waals surface area contributed by atoms with Crippen LogP contribution in [0.5, 0.6) is 0 Å². The number of ether oxygens (including phenoxy) is 1. The van der Waals surface area contributed by atoms with Gasteiger partial charge in [-0.3, -0.25) is 0 Å². The van der Waals surface area contributed by atoms with E-state index in [2.05, 4.69) is 6.08 Å². The maximum atomic E-state index is 9.97. The minimum atomic E-state index is -0.219. The molecule has 0 radical (unpaired) electrons. The van der Waals surface area contributed by atoms with E-state index in [-0.39, 0.29) is 6.10 Å². The number of hydrogen-bond acceptors (Lipinski definition) is 2. The molecule has 88 valence electrons. The monoisotopic (exact) mass is 212 g/mol. The summed E-state index contributed by atoms with van der Waals surface area (Å²) in [7, 11) is 0. The molecule has 0 bridgehead atoms. The normalized spacial score (nSPS) is 19.5. The first-order valence-electron chi connectivity index (χ1n) is 6.29. The first-order valence-corrected chi connectivity index (χ1v) is 6.29. The fraction of sp³-hybridized carbons (Fsp3) is 0.846. The van der Waals surface area contributed by atoms with Gasteiger partial charge in [0.15, 0.2) is 0 Å². The van der Waals surface area contributed by atoms with Gasteiger partial charge < -0.3 is 9.84 Å². The summed E-state index contributed by atoms with van der Waals surface area (Å²) in [4.78, 5) is 0. The number of allylic oxidation sites excluding steroid dienone is 1. The lowest BCUT2D eigenvalue weighted by Crippen LogP contribution is -2.11. The Morgan fingerprint density at radius 1 is 1.40 bits per heavy atom. The van der Waals surface area contributed by atoms with Crippen molar-refractivity contribution in [3.8, 4) is 0 Å². The summed E-state index contributed by atoms with van der Waals surface area (Å²) in [6.07, 6.45) is 9.93. The Bertz CT molecular complexity index is 187. The second-order valence-corrected chi connectivity index (χ2v) is 4.23. The Balaban J connectivity index is 2.19. The van der Waals surface area contributed by atoms with Gasteiger partial charge in [0.05, 0.1) is 6.10 Å². The van der Waals surface area contributed by atoms with Crippen LogP contribution in [-0.4, -0.2) is 24.4 Å². The van der Waals surface area contributed by atoms with Crippen LogP contribution in [0.25, 0.3) is 0 Å². The molecule has 0 aromatic rings. The molecule has 1 aliphatic rings. The van der Waals surface area contributed by atoms with Gasteiger partial charge in [-0.25, -0.2) is 0 Å². The Morgan fingerprint density at radius 3 is 3.07 bits per heavy atom. The SMILES string of the molecule is CCOCCCC(O)C1=CCCCCC1. The summed E-state index contributed by atoms with van der Waals surface area (Å²) < 4.78 is 5.27. The lowest BCUT2D eigenvalue weighted by atomic mass is 10.0. The number of aliphatic hydroxyl groups excluding tert-OH is 1. The van der Waals surface area contributed by atoms with E-state index in [1.165, 1.54) is 24.8 Å². The fourth-order valence-electron chi connectivity index (χ4n) is 2.05. The molecule has 0 aromatic carbocycles. The molecule has 0 saturated heterocycles. The lowest BCUT2D eigenvalue weighted by Gasteiger charge is -2.13. The first-order chi connectivity index (χ1) is 7.34. The fourth-order valence-corrected chi connectivity index (χ4v) is 2.05. The number of rotatable bonds is 6. The largest absolute Gasteiger partial charge is 0.389 e. The Labute approximate surface area is 93.3 Å². The molecular formula is C13H24O2. The quantitative estimate of drug-likeness (QED) is 0.541. The van der Waals surface area contributed by atoms with Gasteiger partial charge in [0.1, 0.15) is 0 Å². The highest BCUT2D eigenvalue weighted by Gasteiger charge is 2.11. The molecule has 2 heteroatoms. The second-order valence-electron chi connectivity index (χ2n) is 4.23. The highest BCUT2D eigenvalue weighted by molar-refractivity contribution is 5.09. The molecule has 1 rings (SSSR count). The molecular weight excluding hydrogens is 188 g/mol. The third kappa shape index (κ3) is 5.33. The third-order valence-electron chi connectivity index (χ3n) is 2.97. The first kappa shape index (κ1) is 12.7. The van der Waals surface area contributed by atoms with Gasteiger partial charge in [-0.05, 0) is 51.0 Å². The zero-order valence-electron chi connectivity index (χ0n) is 9.87. The summed E-state index contributed by atoms with van der Waals surface area (Å²) in [5, 5.41) is 9.97. The van der Waals surface area contributed by atoms with Gasteiger partial charge in [-0.2, -0.15) is 0 Å². The molecule has 0 aliphatic heterocycles. The smallest absolute Gasteiger partial charge is 0.0751 e. The molecule has 0 fully saturated rings. The highest BCUT2D eigenvalue weighted by atomic mass is 16.5. The molecule has 15 heavy (non-hydrogen) atoms. The van der Waals surface area contributed by atoms with Crippen LogP contribution in [-0.2, 0) is 4.74 Å². The van der Waals surface area contributed by atoms with Crippen molar-refractivity contribution in [2.75, 3.05) is 13.2 Å². The summed E-state index contributed by atoms with van der Waals surface area (Å²) in [6.45, 7) is 3.56.